The van der Waals surface area contributed by atoms with Crippen molar-refractivity contribution in [3.63, 3.8) is 0 Å². The van der Waals surface area contributed by atoms with Crippen molar-refractivity contribution >= 4 is 11.4 Å². The summed E-state index contributed by atoms with van der Waals surface area (Å²) in [5, 5.41) is 0. The van der Waals surface area contributed by atoms with Gasteiger partial charge >= 0.3 is 0 Å². The second kappa shape index (κ2) is 6.20. The second-order valence-corrected chi connectivity index (χ2v) is 4.55. The molecule has 0 unspecified atom stereocenters. The highest BCUT2D eigenvalue weighted by atomic mass is 19.1. The van der Waals surface area contributed by atoms with Crippen LogP contribution in [-0.2, 0) is 0 Å². The van der Waals surface area contributed by atoms with Gasteiger partial charge in [-0.2, -0.15) is 0 Å². The molecule has 0 aliphatic carbocycles. The van der Waals surface area contributed by atoms with Crippen LogP contribution in [0.1, 0.15) is 18.1 Å². The predicted molar refractivity (Wildman–Crippen MR) is 83.9 cm³/mol. The van der Waals surface area contributed by atoms with Gasteiger partial charge in [-0.25, -0.2) is 4.39 Å². The largest absolute Gasteiger partial charge is 0.317 e. The Labute approximate surface area is 119 Å². The van der Waals surface area contributed by atoms with Gasteiger partial charge in [-0.3, -0.25) is 0 Å². The molecule has 2 heteroatoms. The lowest BCUT2D eigenvalue weighted by Gasteiger charge is -2.24. The zero-order chi connectivity index (χ0) is 14.5. The van der Waals surface area contributed by atoms with Crippen LogP contribution in [0, 0.1) is 12.7 Å². The zero-order valence-corrected chi connectivity index (χ0v) is 11.8. The van der Waals surface area contributed by atoms with Gasteiger partial charge in [0.15, 0.2) is 0 Å². The Morgan fingerprint density at radius 3 is 2.40 bits per heavy atom. The van der Waals surface area contributed by atoms with E-state index >= 15 is 0 Å². The predicted octanol–water partition coefficient (Wildman–Crippen LogP) is 5.15. The number of halogens is 1. The first-order chi connectivity index (χ1) is 9.67. The van der Waals surface area contributed by atoms with E-state index in [1.54, 1.807) is 18.3 Å². The Morgan fingerprint density at radius 2 is 1.85 bits per heavy atom. The first-order valence-electron chi connectivity index (χ1n) is 6.57. The third-order valence-corrected chi connectivity index (χ3v) is 3.15. The fourth-order valence-corrected chi connectivity index (χ4v) is 2.18. The van der Waals surface area contributed by atoms with Crippen LogP contribution in [0.3, 0.4) is 0 Å². The highest BCUT2D eigenvalue weighted by Gasteiger charge is 2.14. The van der Waals surface area contributed by atoms with E-state index in [4.69, 9.17) is 0 Å². The van der Waals surface area contributed by atoms with Crippen LogP contribution >= 0.6 is 0 Å². The monoisotopic (exact) mass is 267 g/mol. The number of rotatable bonds is 4. The molecule has 20 heavy (non-hydrogen) atoms. The number of anilines is 1. The van der Waals surface area contributed by atoms with Crippen LogP contribution in [0.4, 0.5) is 10.1 Å². The van der Waals surface area contributed by atoms with Crippen molar-refractivity contribution in [2.75, 3.05) is 4.90 Å². The van der Waals surface area contributed by atoms with E-state index in [2.05, 4.69) is 6.58 Å². The fraction of sp³-hybridized carbons (Fsp3) is 0.111. The van der Waals surface area contributed by atoms with Gasteiger partial charge in [0.25, 0.3) is 0 Å². The van der Waals surface area contributed by atoms with Crippen molar-refractivity contribution in [2.45, 2.75) is 13.8 Å². The maximum atomic E-state index is 14.2. The molecule has 1 nitrogen and oxygen atoms in total. The molecule has 0 atom stereocenters. The number of hydrogen-bond donors (Lipinski definition) is 0. The minimum atomic E-state index is -0.221. The molecular formula is C18H18FN. The molecule has 0 heterocycles. The number of nitrogens with zero attached hydrogens (tertiary/aromatic N) is 1. The molecule has 0 aliphatic rings. The third kappa shape index (κ3) is 2.80. The Hall–Kier alpha value is -2.35. The maximum Gasteiger partial charge on any atom is 0.132 e. The average Bonchev–Trinajstić information content (AvgIpc) is 2.46. The van der Waals surface area contributed by atoms with Gasteiger partial charge in [0, 0.05) is 17.5 Å². The smallest absolute Gasteiger partial charge is 0.132 e. The molecule has 0 N–H and O–H groups in total. The lowest BCUT2D eigenvalue weighted by atomic mass is 10.1. The number of allylic oxidation sites excluding steroid dienone is 1. The molecule has 0 aromatic heterocycles. The van der Waals surface area contributed by atoms with Crippen molar-refractivity contribution in [2.24, 2.45) is 0 Å². The summed E-state index contributed by atoms with van der Waals surface area (Å²) in [6.07, 6.45) is 3.59. The van der Waals surface area contributed by atoms with Gasteiger partial charge in [0.1, 0.15) is 5.82 Å². The normalized spacial score (nSPS) is 11.2. The van der Waals surface area contributed by atoms with Crippen LogP contribution in [-0.4, -0.2) is 0 Å². The van der Waals surface area contributed by atoms with Gasteiger partial charge in [0.2, 0.25) is 0 Å². The van der Waals surface area contributed by atoms with E-state index in [0.717, 1.165) is 16.9 Å². The second-order valence-electron chi connectivity index (χ2n) is 4.55. The van der Waals surface area contributed by atoms with E-state index in [1.165, 1.54) is 0 Å². The zero-order valence-electron chi connectivity index (χ0n) is 11.8. The quantitative estimate of drug-likeness (QED) is 0.741. The Morgan fingerprint density at radius 1 is 1.15 bits per heavy atom. The average molecular weight is 267 g/mol. The van der Waals surface area contributed by atoms with Gasteiger partial charge < -0.3 is 4.90 Å². The van der Waals surface area contributed by atoms with Crippen molar-refractivity contribution in [1.29, 1.82) is 0 Å². The SMILES string of the molecule is C=CN(/C(=C\C)c1ccc(C)cc1F)c1ccccc1. The van der Waals surface area contributed by atoms with Gasteiger partial charge in [-0.1, -0.05) is 36.9 Å². The van der Waals surface area contributed by atoms with E-state index in [0.29, 0.717) is 5.56 Å². The van der Waals surface area contributed by atoms with E-state index in [-0.39, 0.29) is 5.82 Å². The minimum Gasteiger partial charge on any atom is -0.317 e. The summed E-state index contributed by atoms with van der Waals surface area (Å²) >= 11 is 0. The molecule has 2 aromatic carbocycles. The summed E-state index contributed by atoms with van der Waals surface area (Å²) in [6, 6.07) is 15.1. The van der Waals surface area contributed by atoms with Crippen LogP contribution in [0.15, 0.2) is 67.4 Å². The first kappa shape index (κ1) is 14.1. The Balaban J connectivity index is 2.48. The summed E-state index contributed by atoms with van der Waals surface area (Å²) < 4.78 is 14.2. The molecule has 0 saturated carbocycles. The molecule has 0 bridgehead atoms. The van der Waals surface area contributed by atoms with Crippen LogP contribution in [0.25, 0.3) is 5.70 Å². The van der Waals surface area contributed by atoms with Crippen molar-refractivity contribution in [1.82, 2.24) is 0 Å². The first-order valence-corrected chi connectivity index (χ1v) is 6.57. The lowest BCUT2D eigenvalue weighted by Crippen LogP contribution is -2.14. The minimum absolute atomic E-state index is 0.221. The molecule has 0 spiro atoms. The number of hydrogen-bond acceptors (Lipinski definition) is 1. The van der Waals surface area contributed by atoms with Crippen LogP contribution in [0.2, 0.25) is 0 Å². The van der Waals surface area contributed by atoms with E-state index < -0.39 is 0 Å². The molecular weight excluding hydrogens is 249 g/mol. The molecule has 2 aromatic rings. The highest BCUT2D eigenvalue weighted by molar-refractivity contribution is 5.81. The van der Waals surface area contributed by atoms with E-state index in [1.807, 2.05) is 61.2 Å². The molecule has 0 amide bonds. The summed E-state index contributed by atoms with van der Waals surface area (Å²) in [6.45, 7) is 7.62. The fourth-order valence-electron chi connectivity index (χ4n) is 2.18. The number of aryl methyl sites for hydroxylation is 1. The molecule has 0 radical (unpaired) electrons. The van der Waals surface area contributed by atoms with Gasteiger partial charge in [-0.15, -0.1) is 0 Å². The summed E-state index contributed by atoms with van der Waals surface area (Å²) in [5.41, 5.74) is 3.22. The maximum absolute atomic E-state index is 14.2. The van der Waals surface area contributed by atoms with Crippen LogP contribution in [0.5, 0.6) is 0 Å². The molecule has 102 valence electrons. The summed E-state index contributed by atoms with van der Waals surface area (Å²) in [7, 11) is 0. The Kier molecular flexibility index (Phi) is 4.36. The number of para-hydroxylation sites is 1. The molecule has 0 saturated heterocycles. The molecule has 2 rings (SSSR count). The van der Waals surface area contributed by atoms with Gasteiger partial charge in [-0.05, 0) is 43.7 Å². The van der Waals surface area contributed by atoms with Crippen molar-refractivity contribution in [3.05, 3.63) is 84.3 Å². The van der Waals surface area contributed by atoms with Crippen LogP contribution < -0.4 is 4.90 Å². The van der Waals surface area contributed by atoms with Crippen molar-refractivity contribution in [3.8, 4) is 0 Å². The lowest BCUT2D eigenvalue weighted by molar-refractivity contribution is 0.622. The van der Waals surface area contributed by atoms with Gasteiger partial charge in [0.05, 0.1) is 5.70 Å². The number of benzene rings is 2. The van der Waals surface area contributed by atoms with E-state index in [9.17, 15) is 4.39 Å². The highest BCUT2D eigenvalue weighted by Crippen LogP contribution is 2.28. The standard InChI is InChI=1S/C18H18FN/c1-4-18(16-12-11-14(3)13-17(16)19)20(5-2)15-9-7-6-8-10-15/h4-13H,2H2,1,3H3/b18-4-. The third-order valence-electron chi connectivity index (χ3n) is 3.15. The van der Waals surface area contributed by atoms with Crippen molar-refractivity contribution < 1.29 is 4.39 Å². The molecule has 0 fully saturated rings. The topological polar surface area (TPSA) is 3.24 Å². The summed E-state index contributed by atoms with van der Waals surface area (Å²) in [5.74, 6) is -0.221. The molecule has 0 aliphatic heterocycles. The summed E-state index contributed by atoms with van der Waals surface area (Å²) in [4.78, 5) is 1.88. The Bertz CT molecular complexity index is 629.